The van der Waals surface area contributed by atoms with Crippen molar-refractivity contribution in [3.8, 4) is 5.75 Å². The third kappa shape index (κ3) is 3.29. The van der Waals surface area contributed by atoms with Gasteiger partial charge in [-0.25, -0.2) is 4.98 Å². The van der Waals surface area contributed by atoms with Crippen molar-refractivity contribution >= 4 is 28.5 Å². The van der Waals surface area contributed by atoms with Crippen LogP contribution in [0.25, 0.3) is 11.0 Å². The molecule has 0 saturated carbocycles. The minimum Gasteiger partial charge on any atom is -0.492 e. The van der Waals surface area contributed by atoms with E-state index in [4.69, 9.17) is 22.1 Å². The first-order valence-corrected chi connectivity index (χ1v) is 7.58. The van der Waals surface area contributed by atoms with E-state index in [0.29, 0.717) is 18.9 Å². The third-order valence-corrected chi connectivity index (χ3v) is 3.50. The second-order valence-corrected chi connectivity index (χ2v) is 5.29. The number of benzene rings is 1. The molecule has 0 saturated heterocycles. The molecule has 2 aromatic rings. The molecule has 1 amide bonds. The van der Waals surface area contributed by atoms with Gasteiger partial charge in [-0.15, -0.1) is 11.6 Å². The normalized spacial score (nSPS) is 12.5. The van der Waals surface area contributed by atoms with Gasteiger partial charge in [0.2, 0.25) is 5.91 Å². The smallest absolute Gasteiger partial charge is 0.219 e. The number of halogens is 1. The van der Waals surface area contributed by atoms with Crippen LogP contribution in [0.5, 0.6) is 5.75 Å². The number of fused-ring (bicyclic) bond motifs is 1. The molecule has 1 atom stereocenters. The van der Waals surface area contributed by atoms with E-state index in [-0.39, 0.29) is 18.4 Å². The van der Waals surface area contributed by atoms with E-state index in [1.54, 1.807) is 0 Å². The van der Waals surface area contributed by atoms with Gasteiger partial charge in [-0.1, -0.05) is 6.07 Å². The van der Waals surface area contributed by atoms with Gasteiger partial charge in [-0.05, 0) is 26.0 Å². The molecule has 0 bridgehead atoms. The van der Waals surface area contributed by atoms with Crippen molar-refractivity contribution in [2.75, 3.05) is 12.5 Å². The van der Waals surface area contributed by atoms with Crippen LogP contribution in [0.3, 0.4) is 0 Å². The molecule has 21 heavy (non-hydrogen) atoms. The summed E-state index contributed by atoms with van der Waals surface area (Å²) in [6.07, 6.45) is 0.893. The Hall–Kier alpha value is -1.75. The van der Waals surface area contributed by atoms with Crippen LogP contribution in [0.15, 0.2) is 18.2 Å². The molecule has 114 valence electrons. The number of amides is 1. The fraction of sp³-hybridized carbons (Fsp3) is 0.467. The Labute approximate surface area is 129 Å². The van der Waals surface area contributed by atoms with Crippen LogP contribution in [0, 0.1) is 0 Å². The first-order valence-electron chi connectivity index (χ1n) is 7.05. The SMILES string of the molecule is CCOc1cccc2c1nc(CCCl)n2C(C)CC(N)=O. The van der Waals surface area contributed by atoms with Gasteiger partial charge in [0.1, 0.15) is 17.1 Å². The molecule has 6 heteroatoms. The second-order valence-electron chi connectivity index (χ2n) is 4.91. The van der Waals surface area contributed by atoms with Crippen molar-refractivity contribution in [2.24, 2.45) is 5.73 Å². The molecule has 1 aromatic carbocycles. The molecule has 2 N–H and O–H groups in total. The van der Waals surface area contributed by atoms with Crippen LogP contribution >= 0.6 is 11.6 Å². The predicted molar refractivity (Wildman–Crippen MR) is 83.8 cm³/mol. The molecular weight excluding hydrogens is 290 g/mol. The molecule has 2 rings (SSSR count). The summed E-state index contributed by atoms with van der Waals surface area (Å²) in [4.78, 5) is 15.9. The van der Waals surface area contributed by atoms with Gasteiger partial charge < -0.3 is 15.0 Å². The van der Waals surface area contributed by atoms with Crippen LogP contribution in [-0.2, 0) is 11.2 Å². The highest BCUT2D eigenvalue weighted by Crippen LogP contribution is 2.29. The standard InChI is InChI=1S/C15H20ClN3O2/c1-3-21-12-6-4-5-11-15(12)18-14(7-8-16)19(11)10(2)9-13(17)20/h4-6,10H,3,7-9H2,1-2H3,(H2,17,20). The van der Waals surface area contributed by atoms with E-state index >= 15 is 0 Å². The Bertz CT molecular complexity index is 639. The number of carbonyl (C=O) groups is 1. The number of nitrogens with two attached hydrogens (primary N) is 1. The number of alkyl halides is 1. The zero-order valence-electron chi connectivity index (χ0n) is 12.3. The number of rotatable bonds is 7. The van der Waals surface area contributed by atoms with Crippen molar-refractivity contribution < 1.29 is 9.53 Å². The summed E-state index contributed by atoms with van der Waals surface area (Å²) in [6, 6.07) is 5.72. The first-order chi connectivity index (χ1) is 10.1. The van der Waals surface area contributed by atoms with E-state index in [1.165, 1.54) is 0 Å². The Balaban J connectivity index is 2.57. The molecule has 0 radical (unpaired) electrons. The van der Waals surface area contributed by atoms with Gasteiger partial charge in [0, 0.05) is 24.8 Å². The largest absolute Gasteiger partial charge is 0.492 e. The number of aryl methyl sites for hydroxylation is 1. The number of nitrogens with zero attached hydrogens (tertiary/aromatic N) is 2. The zero-order chi connectivity index (χ0) is 15.4. The Morgan fingerprint density at radius 2 is 2.29 bits per heavy atom. The summed E-state index contributed by atoms with van der Waals surface area (Å²) in [5.41, 5.74) is 7.06. The molecule has 0 aliphatic rings. The van der Waals surface area contributed by atoms with Gasteiger partial charge in [0.05, 0.1) is 12.1 Å². The highest BCUT2D eigenvalue weighted by Gasteiger charge is 2.19. The maximum Gasteiger partial charge on any atom is 0.219 e. The zero-order valence-corrected chi connectivity index (χ0v) is 13.1. The topological polar surface area (TPSA) is 70.1 Å². The van der Waals surface area contributed by atoms with Crippen molar-refractivity contribution in [2.45, 2.75) is 32.7 Å². The molecule has 1 aromatic heterocycles. The van der Waals surface area contributed by atoms with E-state index < -0.39 is 0 Å². The minimum atomic E-state index is -0.331. The Kier molecular flexibility index (Phi) is 5.07. The van der Waals surface area contributed by atoms with Gasteiger partial charge in [-0.2, -0.15) is 0 Å². The Morgan fingerprint density at radius 1 is 1.52 bits per heavy atom. The van der Waals surface area contributed by atoms with E-state index in [2.05, 4.69) is 4.98 Å². The number of imidazole rings is 1. The van der Waals surface area contributed by atoms with Crippen LogP contribution < -0.4 is 10.5 Å². The fourth-order valence-electron chi connectivity index (χ4n) is 2.55. The van der Waals surface area contributed by atoms with E-state index in [1.807, 2.05) is 36.6 Å². The lowest BCUT2D eigenvalue weighted by molar-refractivity contribution is -0.118. The third-order valence-electron chi connectivity index (χ3n) is 3.31. The average molecular weight is 310 g/mol. The van der Waals surface area contributed by atoms with Crippen LogP contribution in [0.2, 0.25) is 0 Å². The number of ether oxygens (including phenoxy) is 1. The van der Waals surface area contributed by atoms with Crippen LogP contribution in [-0.4, -0.2) is 27.9 Å². The molecule has 1 unspecified atom stereocenters. The average Bonchev–Trinajstić information content (AvgIpc) is 2.78. The highest BCUT2D eigenvalue weighted by molar-refractivity contribution is 6.17. The maximum atomic E-state index is 11.2. The first kappa shape index (κ1) is 15.6. The van der Waals surface area contributed by atoms with Gasteiger partial charge >= 0.3 is 0 Å². The second kappa shape index (κ2) is 6.80. The summed E-state index contributed by atoms with van der Waals surface area (Å²) < 4.78 is 7.66. The van der Waals surface area contributed by atoms with Gasteiger partial charge in [-0.3, -0.25) is 4.79 Å². The maximum absolute atomic E-state index is 11.2. The fourth-order valence-corrected chi connectivity index (χ4v) is 2.72. The lowest BCUT2D eigenvalue weighted by atomic mass is 10.2. The summed E-state index contributed by atoms with van der Waals surface area (Å²) in [6.45, 7) is 4.47. The molecular formula is C15H20ClN3O2. The Morgan fingerprint density at radius 3 is 2.90 bits per heavy atom. The number of carbonyl (C=O) groups excluding carboxylic acids is 1. The summed E-state index contributed by atoms with van der Waals surface area (Å²) in [5, 5.41) is 0. The number of aromatic nitrogens is 2. The summed E-state index contributed by atoms with van der Waals surface area (Å²) in [5.74, 6) is 1.73. The van der Waals surface area contributed by atoms with Crippen molar-refractivity contribution in [1.29, 1.82) is 0 Å². The van der Waals surface area contributed by atoms with Crippen LogP contribution in [0.1, 0.15) is 32.1 Å². The number of hydrogen-bond donors (Lipinski definition) is 1. The van der Waals surface area contributed by atoms with Crippen molar-refractivity contribution in [3.63, 3.8) is 0 Å². The minimum absolute atomic E-state index is 0.0670. The molecule has 0 aliphatic heterocycles. The summed E-state index contributed by atoms with van der Waals surface area (Å²) in [7, 11) is 0. The lowest BCUT2D eigenvalue weighted by Gasteiger charge is -2.16. The monoisotopic (exact) mass is 309 g/mol. The quantitative estimate of drug-likeness (QED) is 0.799. The molecule has 0 fully saturated rings. The lowest BCUT2D eigenvalue weighted by Crippen LogP contribution is -2.19. The van der Waals surface area contributed by atoms with Crippen molar-refractivity contribution in [1.82, 2.24) is 9.55 Å². The van der Waals surface area contributed by atoms with E-state index in [9.17, 15) is 4.79 Å². The molecule has 5 nitrogen and oxygen atoms in total. The molecule has 0 aliphatic carbocycles. The van der Waals surface area contributed by atoms with Crippen molar-refractivity contribution in [3.05, 3.63) is 24.0 Å². The number of primary amides is 1. The highest BCUT2D eigenvalue weighted by atomic mass is 35.5. The van der Waals surface area contributed by atoms with Gasteiger partial charge in [0.15, 0.2) is 0 Å². The molecule has 1 heterocycles. The molecule has 0 spiro atoms. The van der Waals surface area contributed by atoms with E-state index in [0.717, 1.165) is 22.6 Å². The van der Waals surface area contributed by atoms with Crippen LogP contribution in [0.4, 0.5) is 0 Å². The number of hydrogen-bond acceptors (Lipinski definition) is 3. The summed E-state index contributed by atoms with van der Waals surface area (Å²) >= 11 is 5.87. The van der Waals surface area contributed by atoms with Gasteiger partial charge in [0.25, 0.3) is 0 Å². The number of para-hydroxylation sites is 1. The predicted octanol–water partition coefficient (Wildman–Crippen LogP) is 2.65.